The van der Waals surface area contributed by atoms with E-state index < -0.39 is 6.29 Å². The molecule has 1 saturated heterocycles. The number of urea groups is 1. The molecule has 0 saturated carbocycles. The van der Waals surface area contributed by atoms with Crippen molar-refractivity contribution in [1.82, 2.24) is 25.5 Å². The number of nitrogens with one attached hydrogen (secondary N) is 2. The van der Waals surface area contributed by atoms with Gasteiger partial charge in [-0.25, -0.2) is 9.48 Å². The summed E-state index contributed by atoms with van der Waals surface area (Å²) >= 11 is 1.55. The summed E-state index contributed by atoms with van der Waals surface area (Å²) < 4.78 is 20.5. The van der Waals surface area contributed by atoms with Crippen molar-refractivity contribution in [3.63, 3.8) is 0 Å². The maximum atomic E-state index is 12.7. The first-order chi connectivity index (χ1) is 25.5. The number of nitrogens with zero attached hydrogens (tertiary/aromatic N) is 4. The molecule has 1 aliphatic heterocycles. The van der Waals surface area contributed by atoms with Crippen LogP contribution in [0.15, 0.2) is 133 Å². The van der Waals surface area contributed by atoms with Gasteiger partial charge in [-0.05, 0) is 80.7 Å². The van der Waals surface area contributed by atoms with E-state index in [2.05, 4.69) is 44.4 Å². The van der Waals surface area contributed by atoms with Gasteiger partial charge in [-0.2, -0.15) is 0 Å². The molecule has 11 nitrogen and oxygen atoms in total. The number of benzene rings is 5. The zero-order valence-corrected chi connectivity index (χ0v) is 29.3. The molecule has 2 amide bonds. The summed E-state index contributed by atoms with van der Waals surface area (Å²) in [6.45, 7) is 0.354. The van der Waals surface area contributed by atoms with Crippen LogP contribution >= 0.6 is 11.8 Å². The summed E-state index contributed by atoms with van der Waals surface area (Å²) in [5.41, 5.74) is 6.48. The van der Waals surface area contributed by atoms with Crippen molar-refractivity contribution in [2.45, 2.75) is 43.2 Å². The molecule has 52 heavy (non-hydrogen) atoms. The molecule has 1 fully saturated rings. The predicted octanol–water partition coefficient (Wildman–Crippen LogP) is 7.82. The highest BCUT2D eigenvalue weighted by Crippen LogP contribution is 2.39. The van der Waals surface area contributed by atoms with Crippen molar-refractivity contribution in [3.8, 4) is 22.6 Å². The van der Waals surface area contributed by atoms with Gasteiger partial charge < -0.3 is 30.0 Å². The molecule has 12 heteroatoms. The average molecular weight is 715 g/mol. The first-order valence-electron chi connectivity index (χ1n) is 16.9. The van der Waals surface area contributed by atoms with E-state index in [0.29, 0.717) is 30.2 Å². The minimum atomic E-state index is -0.574. The molecular weight excluding hydrogens is 677 g/mol. The molecule has 0 radical (unpaired) electrons. The highest BCUT2D eigenvalue weighted by atomic mass is 32.2. The Balaban J connectivity index is 0.970. The van der Waals surface area contributed by atoms with Crippen molar-refractivity contribution in [2.75, 3.05) is 11.1 Å². The number of hydrogen-bond acceptors (Lipinski definition) is 9. The molecular formula is C40H38N6O5S. The van der Waals surface area contributed by atoms with E-state index in [-0.39, 0.29) is 24.8 Å². The maximum absolute atomic E-state index is 12.7. The molecule has 2 heterocycles. The first kappa shape index (κ1) is 34.9. The van der Waals surface area contributed by atoms with Gasteiger partial charge in [-0.3, -0.25) is 0 Å². The summed E-state index contributed by atoms with van der Waals surface area (Å²) in [6, 6.07) is 40.6. The average Bonchev–Trinajstić information content (AvgIpc) is 3.61. The number of thioether (sulfide) groups is 1. The topological polar surface area (TPSA) is 133 Å². The van der Waals surface area contributed by atoms with Crippen LogP contribution in [0.2, 0.25) is 0 Å². The Labute approximate surface area is 305 Å². The van der Waals surface area contributed by atoms with Crippen LogP contribution in [0.1, 0.15) is 41.1 Å². The van der Waals surface area contributed by atoms with Crippen LogP contribution in [0.5, 0.6) is 11.5 Å². The number of aromatic nitrogens is 4. The molecule has 1 aromatic heterocycles. The Morgan fingerprint density at radius 3 is 2.33 bits per heavy atom. The fourth-order valence-electron chi connectivity index (χ4n) is 5.82. The van der Waals surface area contributed by atoms with E-state index >= 15 is 0 Å². The lowest BCUT2D eigenvalue weighted by molar-refractivity contribution is -0.245. The smallest absolute Gasteiger partial charge is 0.319 e. The predicted molar refractivity (Wildman–Crippen MR) is 199 cm³/mol. The standard InChI is InChI=1S/C40H38N6O5S/c1-46-40(43-44-45-46)52-26-36-23-37(30-12-10-27(25-47)11-13-30)51-38(50-36)31-16-14-29(15-17-31)32-7-5-6-28(22-32)24-41-39(48)42-33-18-20-35(21-19-33)49-34-8-3-2-4-9-34/h2-22,36-38,47H,23-26H2,1H3,(H2,41,42,48)/t36-,37+,38+/m0/s1. The van der Waals surface area contributed by atoms with Gasteiger partial charge in [-0.15, -0.1) is 5.10 Å². The number of carbonyl (C=O) groups excluding carboxylic acids is 1. The number of ether oxygens (including phenoxy) is 3. The van der Waals surface area contributed by atoms with E-state index in [9.17, 15) is 9.90 Å². The van der Waals surface area contributed by atoms with Crippen LogP contribution in [0.4, 0.5) is 10.5 Å². The number of carbonyl (C=O) groups is 1. The molecule has 0 bridgehead atoms. The first-order valence-corrected chi connectivity index (χ1v) is 17.9. The van der Waals surface area contributed by atoms with Gasteiger partial charge in [-0.1, -0.05) is 96.7 Å². The fraction of sp³-hybridized carbons (Fsp3) is 0.200. The van der Waals surface area contributed by atoms with E-state index in [4.69, 9.17) is 14.2 Å². The highest BCUT2D eigenvalue weighted by Gasteiger charge is 2.32. The van der Waals surface area contributed by atoms with Crippen LogP contribution in [0.25, 0.3) is 11.1 Å². The number of para-hydroxylation sites is 1. The quantitative estimate of drug-likeness (QED) is 0.109. The minimum Gasteiger partial charge on any atom is -0.457 e. The van der Waals surface area contributed by atoms with Crippen molar-refractivity contribution in [2.24, 2.45) is 7.05 Å². The van der Waals surface area contributed by atoms with Gasteiger partial charge in [0.1, 0.15) is 11.5 Å². The van der Waals surface area contributed by atoms with Crippen LogP contribution in [-0.4, -0.2) is 43.2 Å². The largest absolute Gasteiger partial charge is 0.457 e. The second-order valence-electron chi connectivity index (χ2n) is 12.3. The number of aryl methyl sites for hydroxylation is 1. The van der Waals surface area contributed by atoms with Crippen LogP contribution in [0, 0.1) is 0 Å². The fourth-order valence-corrected chi connectivity index (χ4v) is 6.68. The highest BCUT2D eigenvalue weighted by molar-refractivity contribution is 7.99. The summed E-state index contributed by atoms with van der Waals surface area (Å²) in [5, 5.41) is 27.8. The molecule has 0 aliphatic carbocycles. The lowest BCUT2D eigenvalue weighted by Gasteiger charge is -2.36. The second-order valence-corrected chi connectivity index (χ2v) is 13.3. The molecule has 5 aromatic carbocycles. The normalized spacial score (nSPS) is 17.0. The van der Waals surface area contributed by atoms with Crippen LogP contribution < -0.4 is 15.4 Å². The molecule has 264 valence electrons. The Kier molecular flexibility index (Phi) is 11.2. The summed E-state index contributed by atoms with van der Waals surface area (Å²) in [5.74, 6) is 2.09. The summed E-state index contributed by atoms with van der Waals surface area (Å²) in [7, 11) is 1.82. The van der Waals surface area contributed by atoms with E-state index in [1.165, 1.54) is 0 Å². The molecule has 7 rings (SSSR count). The molecule has 0 unspecified atom stereocenters. The van der Waals surface area contributed by atoms with Gasteiger partial charge >= 0.3 is 6.03 Å². The third kappa shape index (κ3) is 9.03. The molecule has 3 N–H and O–H groups in total. The van der Waals surface area contributed by atoms with E-state index in [1.807, 2.05) is 104 Å². The molecule has 3 atom stereocenters. The number of rotatable bonds is 12. The Hall–Kier alpha value is -5.53. The van der Waals surface area contributed by atoms with Crippen molar-refractivity contribution < 1.29 is 24.1 Å². The second kappa shape index (κ2) is 16.7. The zero-order valence-electron chi connectivity index (χ0n) is 28.5. The third-order valence-corrected chi connectivity index (χ3v) is 9.72. The number of aliphatic hydroxyl groups is 1. The maximum Gasteiger partial charge on any atom is 0.319 e. The van der Waals surface area contributed by atoms with E-state index in [0.717, 1.165) is 44.3 Å². The minimum absolute atomic E-state index is 0.00868. The lowest BCUT2D eigenvalue weighted by atomic mass is 9.99. The van der Waals surface area contributed by atoms with E-state index in [1.54, 1.807) is 28.6 Å². The Bertz CT molecular complexity index is 2060. The van der Waals surface area contributed by atoms with Gasteiger partial charge in [0.2, 0.25) is 5.16 Å². The molecule has 6 aromatic rings. The number of aliphatic hydroxyl groups excluding tert-OH is 1. The van der Waals surface area contributed by atoms with Crippen LogP contribution in [-0.2, 0) is 29.7 Å². The molecule has 0 spiro atoms. The summed E-state index contributed by atoms with van der Waals surface area (Å²) in [4.78, 5) is 12.7. The van der Waals surface area contributed by atoms with Gasteiger partial charge in [0.05, 0.1) is 18.8 Å². The number of tetrazole rings is 1. The van der Waals surface area contributed by atoms with Gasteiger partial charge in [0, 0.05) is 37.0 Å². The van der Waals surface area contributed by atoms with Crippen LogP contribution in [0.3, 0.4) is 0 Å². The monoisotopic (exact) mass is 714 g/mol. The van der Waals surface area contributed by atoms with Crippen molar-refractivity contribution in [1.29, 1.82) is 0 Å². The van der Waals surface area contributed by atoms with Crippen molar-refractivity contribution >= 4 is 23.5 Å². The SMILES string of the molecule is Cn1nnnc1SC[C@@H]1C[C@H](c2ccc(CO)cc2)O[C@H](c2ccc(-c3cccc(CNC(=O)Nc4ccc(Oc5ccccc5)cc4)c3)cc2)O1. The number of anilines is 1. The van der Waals surface area contributed by atoms with Gasteiger partial charge in [0.15, 0.2) is 6.29 Å². The lowest BCUT2D eigenvalue weighted by Crippen LogP contribution is -2.31. The number of hydrogen-bond donors (Lipinski definition) is 3. The summed E-state index contributed by atoms with van der Waals surface area (Å²) in [6.07, 6.45) is -0.212. The Morgan fingerprint density at radius 1 is 0.846 bits per heavy atom. The van der Waals surface area contributed by atoms with Crippen molar-refractivity contribution in [3.05, 3.63) is 150 Å². The zero-order chi connectivity index (χ0) is 35.7. The third-order valence-electron chi connectivity index (χ3n) is 8.58. The molecule has 1 aliphatic rings. The number of amides is 2. The Morgan fingerprint density at radius 2 is 1.60 bits per heavy atom. The van der Waals surface area contributed by atoms with Gasteiger partial charge in [0.25, 0.3) is 0 Å².